The third-order valence-corrected chi connectivity index (χ3v) is 3.85. The molecule has 0 spiro atoms. The molecule has 0 heteroatoms. The van der Waals surface area contributed by atoms with Gasteiger partial charge in [0.1, 0.15) is 0 Å². The second-order valence-electron chi connectivity index (χ2n) is 4.31. The molecule has 0 nitrogen and oxygen atoms in total. The Bertz CT molecular complexity index is 274. The predicted octanol–water partition coefficient (Wildman–Crippen LogP) is 3.64. The van der Waals surface area contributed by atoms with Crippen LogP contribution in [0.15, 0.2) is 11.6 Å². The zero-order chi connectivity index (χ0) is 10.1. The summed E-state index contributed by atoms with van der Waals surface area (Å²) in [5, 5.41) is 0. The molecular weight excluding hydrogens is 156 g/mol. The fraction of sp³-hybridized carbons (Fsp3) is 0.692. The first kappa shape index (κ1) is 10.4. The Morgan fingerprint density at radius 2 is 2.23 bits per heavy atom. The molecule has 1 aliphatic carbocycles. The van der Waals surface area contributed by atoms with E-state index in [0.29, 0.717) is 11.3 Å². The molecule has 3 unspecified atom stereocenters. The highest BCUT2D eigenvalue weighted by atomic mass is 14.5. The molecule has 13 heavy (non-hydrogen) atoms. The van der Waals surface area contributed by atoms with Crippen LogP contribution in [0.1, 0.15) is 41.0 Å². The average molecular weight is 176 g/mol. The first-order chi connectivity index (χ1) is 6.07. The summed E-state index contributed by atoms with van der Waals surface area (Å²) in [6.45, 7) is 11.1. The van der Waals surface area contributed by atoms with Crippen LogP contribution in [-0.2, 0) is 0 Å². The Kier molecular flexibility index (Phi) is 2.86. The summed E-state index contributed by atoms with van der Waals surface area (Å²) in [6.07, 6.45) is 3.55. The van der Waals surface area contributed by atoms with E-state index in [1.54, 1.807) is 0 Å². The number of allylic oxidation sites excluding steroid dienone is 2. The summed E-state index contributed by atoms with van der Waals surface area (Å²) in [5.41, 5.74) is 1.87. The van der Waals surface area contributed by atoms with Crippen LogP contribution in [0.25, 0.3) is 0 Å². The Morgan fingerprint density at radius 3 is 2.62 bits per heavy atom. The molecule has 0 radical (unpaired) electrons. The summed E-state index contributed by atoms with van der Waals surface area (Å²) in [6, 6.07) is 0. The summed E-state index contributed by atoms with van der Waals surface area (Å²) >= 11 is 0. The van der Waals surface area contributed by atoms with Gasteiger partial charge in [-0.25, -0.2) is 0 Å². The van der Waals surface area contributed by atoms with Crippen LogP contribution in [0.4, 0.5) is 0 Å². The lowest BCUT2D eigenvalue weighted by Crippen LogP contribution is -2.40. The molecule has 1 rings (SSSR count). The van der Waals surface area contributed by atoms with Crippen LogP contribution in [0.2, 0.25) is 0 Å². The topological polar surface area (TPSA) is 0 Å². The van der Waals surface area contributed by atoms with Gasteiger partial charge in [-0.3, -0.25) is 0 Å². The van der Waals surface area contributed by atoms with Gasteiger partial charge in [0, 0.05) is 11.3 Å². The molecule has 72 valence electrons. The van der Waals surface area contributed by atoms with Gasteiger partial charge in [-0.15, -0.1) is 5.92 Å². The van der Waals surface area contributed by atoms with Gasteiger partial charge >= 0.3 is 0 Å². The Morgan fingerprint density at radius 1 is 1.62 bits per heavy atom. The highest BCUT2D eigenvalue weighted by Crippen LogP contribution is 2.51. The Balaban J connectivity index is 2.89. The predicted molar refractivity (Wildman–Crippen MR) is 58.3 cm³/mol. The standard InChI is InChI=1S/C13H20/c1-6-8-12-9-11(4)13(12,5)10(3)7-2/h9-10,12H,7H2,1-5H3. The fourth-order valence-electron chi connectivity index (χ4n) is 2.22. The minimum atomic E-state index is 0.345. The summed E-state index contributed by atoms with van der Waals surface area (Å²) < 4.78 is 0. The van der Waals surface area contributed by atoms with E-state index in [9.17, 15) is 0 Å². The van der Waals surface area contributed by atoms with E-state index >= 15 is 0 Å². The second-order valence-corrected chi connectivity index (χ2v) is 4.31. The molecule has 0 aromatic carbocycles. The van der Waals surface area contributed by atoms with Crippen molar-refractivity contribution in [2.45, 2.75) is 41.0 Å². The highest BCUT2D eigenvalue weighted by Gasteiger charge is 2.44. The minimum Gasteiger partial charge on any atom is -0.106 e. The van der Waals surface area contributed by atoms with Crippen LogP contribution in [0.3, 0.4) is 0 Å². The molecule has 3 atom stereocenters. The van der Waals surface area contributed by atoms with Crippen molar-refractivity contribution >= 4 is 0 Å². The van der Waals surface area contributed by atoms with Gasteiger partial charge in [0.05, 0.1) is 0 Å². The zero-order valence-electron chi connectivity index (χ0n) is 9.44. The molecule has 0 saturated heterocycles. The quantitative estimate of drug-likeness (QED) is 0.445. The van der Waals surface area contributed by atoms with Crippen molar-refractivity contribution < 1.29 is 0 Å². The average Bonchev–Trinajstić information content (AvgIpc) is 2.15. The van der Waals surface area contributed by atoms with E-state index in [1.807, 2.05) is 6.92 Å². The summed E-state index contributed by atoms with van der Waals surface area (Å²) in [4.78, 5) is 0. The van der Waals surface area contributed by atoms with Gasteiger partial charge in [0.25, 0.3) is 0 Å². The fourth-order valence-corrected chi connectivity index (χ4v) is 2.22. The highest BCUT2D eigenvalue weighted by molar-refractivity contribution is 5.35. The van der Waals surface area contributed by atoms with Gasteiger partial charge in [0.15, 0.2) is 0 Å². The van der Waals surface area contributed by atoms with Crippen LogP contribution < -0.4 is 0 Å². The van der Waals surface area contributed by atoms with Crippen molar-refractivity contribution in [2.24, 2.45) is 17.3 Å². The van der Waals surface area contributed by atoms with E-state index in [1.165, 1.54) is 12.0 Å². The van der Waals surface area contributed by atoms with E-state index < -0.39 is 0 Å². The molecule has 0 aromatic rings. The van der Waals surface area contributed by atoms with Gasteiger partial charge in [-0.2, -0.15) is 0 Å². The maximum absolute atomic E-state index is 3.29. The van der Waals surface area contributed by atoms with Gasteiger partial charge < -0.3 is 0 Å². The molecule has 1 aliphatic rings. The zero-order valence-corrected chi connectivity index (χ0v) is 9.44. The normalized spacial score (nSPS) is 33.9. The van der Waals surface area contributed by atoms with Crippen molar-refractivity contribution in [3.05, 3.63) is 11.6 Å². The lowest BCUT2D eigenvalue weighted by Gasteiger charge is -2.47. The van der Waals surface area contributed by atoms with E-state index in [-0.39, 0.29) is 0 Å². The van der Waals surface area contributed by atoms with Crippen LogP contribution in [0, 0.1) is 29.1 Å². The van der Waals surface area contributed by atoms with Crippen LogP contribution >= 0.6 is 0 Å². The number of hydrogen-bond acceptors (Lipinski definition) is 0. The first-order valence-corrected chi connectivity index (χ1v) is 5.18. The minimum absolute atomic E-state index is 0.345. The van der Waals surface area contributed by atoms with E-state index in [2.05, 4.69) is 45.6 Å². The molecule has 0 amide bonds. The SMILES string of the molecule is CC#CC1C=C(C)C1(C)C(C)CC. The van der Waals surface area contributed by atoms with Crippen molar-refractivity contribution in [3.8, 4) is 11.8 Å². The molecule has 0 aromatic heterocycles. The van der Waals surface area contributed by atoms with Gasteiger partial charge in [-0.05, 0) is 19.8 Å². The van der Waals surface area contributed by atoms with Crippen molar-refractivity contribution in [2.75, 3.05) is 0 Å². The molecular formula is C13H20. The van der Waals surface area contributed by atoms with Crippen LogP contribution in [0.5, 0.6) is 0 Å². The van der Waals surface area contributed by atoms with Gasteiger partial charge in [-0.1, -0.05) is 44.8 Å². The second kappa shape index (κ2) is 3.58. The summed E-state index contributed by atoms with van der Waals surface area (Å²) in [5.74, 6) is 7.55. The molecule has 0 N–H and O–H groups in total. The third-order valence-electron chi connectivity index (χ3n) is 3.85. The summed E-state index contributed by atoms with van der Waals surface area (Å²) in [7, 11) is 0. The van der Waals surface area contributed by atoms with Gasteiger partial charge in [0.2, 0.25) is 0 Å². The van der Waals surface area contributed by atoms with Crippen LogP contribution in [-0.4, -0.2) is 0 Å². The Hall–Kier alpha value is -0.700. The number of hydrogen-bond donors (Lipinski definition) is 0. The molecule has 0 bridgehead atoms. The first-order valence-electron chi connectivity index (χ1n) is 5.18. The van der Waals surface area contributed by atoms with Crippen molar-refractivity contribution in [3.63, 3.8) is 0 Å². The van der Waals surface area contributed by atoms with E-state index in [0.717, 1.165) is 5.92 Å². The largest absolute Gasteiger partial charge is 0.106 e. The third kappa shape index (κ3) is 1.41. The lowest BCUT2D eigenvalue weighted by atomic mass is 9.56. The molecule has 0 fully saturated rings. The maximum atomic E-state index is 3.29. The smallest absolute Gasteiger partial charge is 0.0478 e. The maximum Gasteiger partial charge on any atom is 0.0478 e. The van der Waals surface area contributed by atoms with Crippen molar-refractivity contribution in [1.29, 1.82) is 0 Å². The van der Waals surface area contributed by atoms with Crippen molar-refractivity contribution in [1.82, 2.24) is 0 Å². The van der Waals surface area contributed by atoms with E-state index in [4.69, 9.17) is 0 Å². The monoisotopic (exact) mass is 176 g/mol. The molecule has 0 aliphatic heterocycles. The lowest BCUT2D eigenvalue weighted by molar-refractivity contribution is 0.177. The number of rotatable bonds is 2. The molecule has 0 heterocycles. The Labute approximate surface area is 82.4 Å². The molecule has 0 saturated carbocycles.